The molecule has 5 nitrogen and oxygen atoms in total. The fourth-order valence-electron chi connectivity index (χ4n) is 2.19. The zero-order valence-electron chi connectivity index (χ0n) is 10.0. The minimum atomic E-state index is -3.57. The Morgan fingerprint density at radius 2 is 2.17 bits per heavy atom. The van der Waals surface area contributed by atoms with Gasteiger partial charge in [-0.25, -0.2) is 13.2 Å². The third-order valence-electron chi connectivity index (χ3n) is 3.18. The van der Waals surface area contributed by atoms with Crippen LogP contribution in [-0.2, 0) is 10.0 Å². The highest BCUT2D eigenvalue weighted by atomic mass is 32.2. The van der Waals surface area contributed by atoms with Crippen LogP contribution >= 0.6 is 0 Å². The van der Waals surface area contributed by atoms with Crippen molar-refractivity contribution in [3.63, 3.8) is 0 Å². The molecule has 1 N–H and O–H groups in total. The molecule has 1 aromatic rings. The molecule has 0 saturated carbocycles. The second kappa shape index (κ2) is 4.70. The summed E-state index contributed by atoms with van der Waals surface area (Å²) >= 11 is 0. The molecule has 0 bridgehead atoms. The molecule has 2 rings (SSSR count). The van der Waals surface area contributed by atoms with E-state index in [0.717, 1.165) is 12.8 Å². The summed E-state index contributed by atoms with van der Waals surface area (Å²) in [6.45, 7) is 2.37. The van der Waals surface area contributed by atoms with Gasteiger partial charge in [-0.15, -0.1) is 0 Å². The van der Waals surface area contributed by atoms with Gasteiger partial charge in [0.1, 0.15) is 0 Å². The predicted octanol–water partition coefficient (Wildman–Crippen LogP) is 1.56. The Morgan fingerprint density at radius 1 is 1.44 bits per heavy atom. The molecule has 1 aromatic carbocycles. The number of rotatable bonds is 3. The van der Waals surface area contributed by atoms with E-state index >= 15 is 0 Å². The molecular formula is C12H15NO4S. The molecule has 1 aliphatic heterocycles. The van der Waals surface area contributed by atoms with Crippen LogP contribution in [0.1, 0.15) is 30.1 Å². The molecular weight excluding hydrogens is 254 g/mol. The van der Waals surface area contributed by atoms with Gasteiger partial charge >= 0.3 is 5.97 Å². The Kier molecular flexibility index (Phi) is 3.41. The largest absolute Gasteiger partial charge is 0.478 e. The first kappa shape index (κ1) is 13.0. The molecule has 0 radical (unpaired) electrons. The Bertz CT molecular complexity index is 567. The Morgan fingerprint density at radius 3 is 2.72 bits per heavy atom. The molecule has 1 heterocycles. The van der Waals surface area contributed by atoms with Crippen molar-refractivity contribution >= 4 is 16.0 Å². The lowest BCUT2D eigenvalue weighted by atomic mass is 10.2. The summed E-state index contributed by atoms with van der Waals surface area (Å²) in [5, 5.41) is 8.88. The minimum absolute atomic E-state index is 0.0112. The van der Waals surface area contributed by atoms with E-state index < -0.39 is 16.0 Å². The molecule has 18 heavy (non-hydrogen) atoms. The molecule has 1 atom stereocenters. The van der Waals surface area contributed by atoms with Crippen LogP contribution in [0.4, 0.5) is 0 Å². The van der Waals surface area contributed by atoms with Crippen LogP contribution in [0.25, 0.3) is 0 Å². The van der Waals surface area contributed by atoms with E-state index in [1.165, 1.54) is 28.6 Å². The zero-order chi connectivity index (χ0) is 13.3. The quantitative estimate of drug-likeness (QED) is 0.903. The van der Waals surface area contributed by atoms with Crippen molar-refractivity contribution in [1.82, 2.24) is 4.31 Å². The number of hydrogen-bond acceptors (Lipinski definition) is 3. The SMILES string of the molecule is CC1CCCN1S(=O)(=O)c1cccc(C(=O)O)c1. The Hall–Kier alpha value is -1.40. The average molecular weight is 269 g/mol. The fraction of sp³-hybridized carbons (Fsp3) is 0.417. The smallest absolute Gasteiger partial charge is 0.335 e. The van der Waals surface area contributed by atoms with Gasteiger partial charge in [-0.3, -0.25) is 0 Å². The standard InChI is InChI=1S/C12H15NO4S/c1-9-4-3-7-13(9)18(16,17)11-6-2-5-10(8-11)12(14)15/h2,5-6,8-9H,3-4,7H2,1H3,(H,14,15). The van der Waals surface area contributed by atoms with Gasteiger partial charge in [-0.1, -0.05) is 6.07 Å². The van der Waals surface area contributed by atoms with Crippen molar-refractivity contribution in [2.24, 2.45) is 0 Å². The lowest BCUT2D eigenvalue weighted by Gasteiger charge is -2.20. The highest BCUT2D eigenvalue weighted by Crippen LogP contribution is 2.26. The van der Waals surface area contributed by atoms with Crippen LogP contribution in [-0.4, -0.2) is 36.4 Å². The van der Waals surface area contributed by atoms with Gasteiger partial charge < -0.3 is 5.11 Å². The second-order valence-corrected chi connectivity index (χ2v) is 6.33. The highest BCUT2D eigenvalue weighted by Gasteiger charge is 2.32. The van der Waals surface area contributed by atoms with Gasteiger partial charge in [0.05, 0.1) is 10.5 Å². The molecule has 0 aromatic heterocycles. The van der Waals surface area contributed by atoms with E-state index in [-0.39, 0.29) is 16.5 Å². The molecule has 6 heteroatoms. The molecule has 1 aliphatic rings. The molecule has 0 aliphatic carbocycles. The highest BCUT2D eigenvalue weighted by molar-refractivity contribution is 7.89. The van der Waals surface area contributed by atoms with Crippen molar-refractivity contribution in [2.45, 2.75) is 30.7 Å². The number of hydrogen-bond donors (Lipinski definition) is 1. The lowest BCUT2D eigenvalue weighted by Crippen LogP contribution is -2.33. The summed E-state index contributed by atoms with van der Waals surface area (Å²) in [5.41, 5.74) is -0.0112. The summed E-state index contributed by atoms with van der Waals surface area (Å²) in [6.07, 6.45) is 1.69. The number of carboxylic acid groups (broad SMARTS) is 1. The third kappa shape index (κ3) is 2.26. The van der Waals surface area contributed by atoms with E-state index in [4.69, 9.17) is 5.11 Å². The van der Waals surface area contributed by atoms with Crippen molar-refractivity contribution in [2.75, 3.05) is 6.54 Å². The van der Waals surface area contributed by atoms with Crippen LogP contribution < -0.4 is 0 Å². The molecule has 0 spiro atoms. The van der Waals surface area contributed by atoms with Gasteiger partial charge in [-0.2, -0.15) is 4.31 Å². The van der Waals surface area contributed by atoms with Gasteiger partial charge in [0.15, 0.2) is 0 Å². The number of benzene rings is 1. The minimum Gasteiger partial charge on any atom is -0.478 e. The van der Waals surface area contributed by atoms with Crippen LogP contribution in [0.3, 0.4) is 0 Å². The summed E-state index contributed by atoms with van der Waals surface area (Å²) in [6, 6.07) is 5.46. The average Bonchev–Trinajstić information content (AvgIpc) is 2.76. The molecule has 1 unspecified atom stereocenters. The number of aromatic carboxylic acids is 1. The first-order valence-electron chi connectivity index (χ1n) is 5.78. The van der Waals surface area contributed by atoms with Crippen LogP contribution in [0.2, 0.25) is 0 Å². The summed E-state index contributed by atoms with van der Waals surface area (Å²) in [5.74, 6) is -1.12. The topological polar surface area (TPSA) is 74.7 Å². The van der Waals surface area contributed by atoms with E-state index in [9.17, 15) is 13.2 Å². The number of carbonyl (C=O) groups is 1. The van der Waals surface area contributed by atoms with E-state index in [1.54, 1.807) is 0 Å². The maximum Gasteiger partial charge on any atom is 0.335 e. The van der Waals surface area contributed by atoms with Crippen LogP contribution in [0.15, 0.2) is 29.2 Å². The maximum absolute atomic E-state index is 12.4. The van der Waals surface area contributed by atoms with E-state index in [1.807, 2.05) is 6.92 Å². The number of carboxylic acids is 1. The Labute approximate surface area is 106 Å². The van der Waals surface area contributed by atoms with Gasteiger partial charge in [0.25, 0.3) is 0 Å². The second-order valence-electron chi connectivity index (χ2n) is 4.44. The van der Waals surface area contributed by atoms with Crippen molar-refractivity contribution < 1.29 is 18.3 Å². The van der Waals surface area contributed by atoms with Crippen LogP contribution in [0.5, 0.6) is 0 Å². The molecule has 1 saturated heterocycles. The van der Waals surface area contributed by atoms with E-state index in [0.29, 0.717) is 6.54 Å². The van der Waals surface area contributed by atoms with E-state index in [2.05, 4.69) is 0 Å². The Balaban J connectivity index is 2.41. The summed E-state index contributed by atoms with van der Waals surface area (Å²) in [4.78, 5) is 10.9. The van der Waals surface area contributed by atoms with Crippen LogP contribution in [0, 0.1) is 0 Å². The third-order valence-corrected chi connectivity index (χ3v) is 5.19. The summed E-state index contributed by atoms with van der Waals surface area (Å²) in [7, 11) is -3.57. The van der Waals surface area contributed by atoms with Crippen molar-refractivity contribution in [3.05, 3.63) is 29.8 Å². The first-order chi connectivity index (χ1) is 8.43. The van der Waals surface area contributed by atoms with Crippen molar-refractivity contribution in [3.8, 4) is 0 Å². The number of nitrogens with zero attached hydrogens (tertiary/aromatic N) is 1. The molecule has 98 valence electrons. The predicted molar refractivity (Wildman–Crippen MR) is 66.0 cm³/mol. The summed E-state index contributed by atoms with van der Waals surface area (Å²) < 4.78 is 26.1. The normalized spacial score (nSPS) is 21.1. The number of sulfonamides is 1. The van der Waals surface area contributed by atoms with Gasteiger partial charge in [0, 0.05) is 12.6 Å². The van der Waals surface area contributed by atoms with Gasteiger partial charge in [-0.05, 0) is 38.0 Å². The maximum atomic E-state index is 12.4. The fourth-order valence-corrected chi connectivity index (χ4v) is 3.93. The first-order valence-corrected chi connectivity index (χ1v) is 7.22. The molecule has 0 amide bonds. The lowest BCUT2D eigenvalue weighted by molar-refractivity contribution is 0.0696. The zero-order valence-corrected chi connectivity index (χ0v) is 10.9. The molecule has 1 fully saturated rings. The van der Waals surface area contributed by atoms with Crippen molar-refractivity contribution in [1.29, 1.82) is 0 Å². The monoisotopic (exact) mass is 269 g/mol. The van der Waals surface area contributed by atoms with Gasteiger partial charge in [0.2, 0.25) is 10.0 Å².